The zero-order valence-electron chi connectivity index (χ0n) is 18.4. The van der Waals surface area contributed by atoms with Crippen LogP contribution in [0.5, 0.6) is 0 Å². The summed E-state index contributed by atoms with van der Waals surface area (Å²) in [6.07, 6.45) is 3.76. The Kier molecular flexibility index (Phi) is 8.44. The number of carbonyl (C=O) groups is 1. The summed E-state index contributed by atoms with van der Waals surface area (Å²) in [6.45, 7) is 5.10. The molecule has 0 aromatic heterocycles. The highest BCUT2D eigenvalue weighted by Crippen LogP contribution is 2.33. The van der Waals surface area contributed by atoms with Gasteiger partial charge in [-0.3, -0.25) is 14.0 Å². The normalized spacial score (nSPS) is 15.5. The van der Waals surface area contributed by atoms with Crippen molar-refractivity contribution >= 4 is 44.8 Å². The van der Waals surface area contributed by atoms with Gasteiger partial charge in [-0.1, -0.05) is 54.4 Å². The molecule has 2 aromatic rings. The third kappa shape index (κ3) is 6.16. The van der Waals surface area contributed by atoms with Crippen molar-refractivity contribution in [1.82, 2.24) is 10.2 Å². The van der Waals surface area contributed by atoms with E-state index in [4.69, 9.17) is 23.2 Å². The monoisotopic (exact) mass is 497 g/mol. The van der Waals surface area contributed by atoms with E-state index >= 15 is 0 Å². The standard InChI is InChI=1S/C23H29Cl2N3O3S/c1-3-21(28(32(2,30)31)22-14-19(24)10-11-20(22)25)23(29)26-15-17-8-4-5-9-18(17)16-27-12-6-7-13-27/h4-5,8-11,14,21H,3,6-7,12-13,15-16H2,1-2H3,(H,26,29)/t21-/m1/s1. The summed E-state index contributed by atoms with van der Waals surface area (Å²) in [5.41, 5.74) is 2.38. The van der Waals surface area contributed by atoms with E-state index < -0.39 is 16.1 Å². The fraction of sp³-hybridized carbons (Fsp3) is 0.435. The summed E-state index contributed by atoms with van der Waals surface area (Å²) in [5, 5.41) is 3.48. The second-order valence-electron chi connectivity index (χ2n) is 8.05. The molecule has 0 spiro atoms. The Morgan fingerprint density at radius 1 is 1.12 bits per heavy atom. The van der Waals surface area contributed by atoms with Crippen molar-refractivity contribution < 1.29 is 13.2 Å². The van der Waals surface area contributed by atoms with Crippen LogP contribution in [0.3, 0.4) is 0 Å². The van der Waals surface area contributed by atoms with E-state index in [0.717, 1.165) is 35.8 Å². The molecule has 32 heavy (non-hydrogen) atoms. The Hall–Kier alpha value is -1.80. The van der Waals surface area contributed by atoms with E-state index in [9.17, 15) is 13.2 Å². The van der Waals surface area contributed by atoms with Crippen molar-refractivity contribution in [3.8, 4) is 0 Å². The summed E-state index contributed by atoms with van der Waals surface area (Å²) < 4.78 is 26.4. The van der Waals surface area contributed by atoms with Gasteiger partial charge in [-0.25, -0.2) is 8.42 Å². The molecule has 1 heterocycles. The Morgan fingerprint density at radius 3 is 2.41 bits per heavy atom. The van der Waals surface area contributed by atoms with E-state index in [2.05, 4.69) is 16.3 Å². The van der Waals surface area contributed by atoms with E-state index in [1.807, 2.05) is 18.2 Å². The average Bonchev–Trinajstić information content (AvgIpc) is 3.25. The Morgan fingerprint density at radius 2 is 1.78 bits per heavy atom. The van der Waals surface area contributed by atoms with Crippen LogP contribution in [-0.2, 0) is 27.9 Å². The van der Waals surface area contributed by atoms with Gasteiger partial charge in [-0.05, 0) is 61.7 Å². The number of anilines is 1. The first-order valence-corrected chi connectivity index (χ1v) is 13.3. The minimum atomic E-state index is -3.80. The number of hydrogen-bond donors (Lipinski definition) is 1. The minimum Gasteiger partial charge on any atom is -0.350 e. The van der Waals surface area contributed by atoms with Crippen LogP contribution in [0.2, 0.25) is 10.0 Å². The van der Waals surface area contributed by atoms with Crippen LogP contribution in [0.1, 0.15) is 37.3 Å². The van der Waals surface area contributed by atoms with Crippen LogP contribution >= 0.6 is 23.2 Å². The predicted molar refractivity (Wildman–Crippen MR) is 131 cm³/mol. The SMILES string of the molecule is CC[C@H](C(=O)NCc1ccccc1CN1CCCC1)N(c1cc(Cl)ccc1Cl)S(C)(=O)=O. The molecule has 3 rings (SSSR count). The van der Waals surface area contributed by atoms with E-state index in [-0.39, 0.29) is 23.0 Å². The number of amides is 1. The quantitative estimate of drug-likeness (QED) is 0.555. The van der Waals surface area contributed by atoms with Gasteiger partial charge in [0, 0.05) is 18.1 Å². The number of benzene rings is 2. The molecule has 0 unspecified atom stereocenters. The molecular formula is C23H29Cl2N3O3S. The van der Waals surface area contributed by atoms with Crippen LogP contribution in [0, 0.1) is 0 Å². The summed E-state index contributed by atoms with van der Waals surface area (Å²) in [5.74, 6) is -0.384. The van der Waals surface area contributed by atoms with Gasteiger partial charge in [0.2, 0.25) is 15.9 Å². The van der Waals surface area contributed by atoms with Crippen molar-refractivity contribution in [3.63, 3.8) is 0 Å². The van der Waals surface area contributed by atoms with E-state index in [0.29, 0.717) is 11.6 Å². The van der Waals surface area contributed by atoms with Crippen molar-refractivity contribution in [3.05, 3.63) is 63.6 Å². The largest absolute Gasteiger partial charge is 0.350 e. The smallest absolute Gasteiger partial charge is 0.244 e. The van der Waals surface area contributed by atoms with Gasteiger partial charge in [0.05, 0.1) is 17.0 Å². The average molecular weight is 498 g/mol. The number of hydrogen-bond acceptors (Lipinski definition) is 4. The Bertz CT molecular complexity index is 1060. The summed E-state index contributed by atoms with van der Waals surface area (Å²) in [4.78, 5) is 15.6. The summed E-state index contributed by atoms with van der Waals surface area (Å²) in [7, 11) is -3.80. The second kappa shape index (κ2) is 10.9. The first-order chi connectivity index (χ1) is 15.2. The maximum absolute atomic E-state index is 13.2. The molecule has 1 fully saturated rings. The second-order valence-corrected chi connectivity index (χ2v) is 10.8. The summed E-state index contributed by atoms with van der Waals surface area (Å²) >= 11 is 12.4. The zero-order chi connectivity index (χ0) is 23.3. The van der Waals surface area contributed by atoms with Crippen LogP contribution < -0.4 is 9.62 Å². The number of halogens is 2. The molecule has 0 aliphatic carbocycles. The van der Waals surface area contributed by atoms with Gasteiger partial charge in [0.15, 0.2) is 0 Å². The summed E-state index contributed by atoms with van der Waals surface area (Å²) in [6, 6.07) is 11.6. The fourth-order valence-electron chi connectivity index (χ4n) is 4.06. The molecule has 0 radical (unpaired) electrons. The van der Waals surface area contributed by atoms with Gasteiger partial charge < -0.3 is 5.32 Å². The molecule has 1 saturated heterocycles. The fourth-order valence-corrected chi connectivity index (χ4v) is 5.70. The zero-order valence-corrected chi connectivity index (χ0v) is 20.7. The molecule has 6 nitrogen and oxygen atoms in total. The number of nitrogens with one attached hydrogen (secondary N) is 1. The topological polar surface area (TPSA) is 69.7 Å². The lowest BCUT2D eigenvalue weighted by molar-refractivity contribution is -0.122. The number of rotatable bonds is 9. The number of sulfonamides is 1. The highest BCUT2D eigenvalue weighted by atomic mass is 35.5. The lowest BCUT2D eigenvalue weighted by Crippen LogP contribution is -2.49. The highest BCUT2D eigenvalue weighted by Gasteiger charge is 2.33. The van der Waals surface area contributed by atoms with Crippen molar-refractivity contribution in [2.45, 2.75) is 45.3 Å². The van der Waals surface area contributed by atoms with Crippen molar-refractivity contribution in [2.24, 2.45) is 0 Å². The molecule has 1 aliphatic rings. The number of likely N-dealkylation sites (tertiary alicyclic amines) is 1. The van der Waals surface area contributed by atoms with Crippen LogP contribution in [0.25, 0.3) is 0 Å². The van der Waals surface area contributed by atoms with Crippen molar-refractivity contribution in [2.75, 3.05) is 23.7 Å². The van der Waals surface area contributed by atoms with Gasteiger partial charge in [-0.15, -0.1) is 0 Å². The van der Waals surface area contributed by atoms with E-state index in [1.54, 1.807) is 13.0 Å². The van der Waals surface area contributed by atoms with Gasteiger partial charge in [0.1, 0.15) is 6.04 Å². The highest BCUT2D eigenvalue weighted by molar-refractivity contribution is 7.92. The van der Waals surface area contributed by atoms with Crippen LogP contribution in [-0.4, -0.2) is 44.6 Å². The first kappa shape index (κ1) is 24.8. The molecule has 1 N–H and O–H groups in total. The predicted octanol–water partition coefficient (Wildman–Crippen LogP) is 4.45. The molecule has 2 aromatic carbocycles. The molecule has 0 saturated carbocycles. The van der Waals surface area contributed by atoms with Gasteiger partial charge >= 0.3 is 0 Å². The Balaban J connectivity index is 1.80. The molecule has 1 amide bonds. The van der Waals surface area contributed by atoms with Crippen LogP contribution in [0.4, 0.5) is 5.69 Å². The lowest BCUT2D eigenvalue weighted by Gasteiger charge is -2.31. The van der Waals surface area contributed by atoms with Gasteiger partial charge in [-0.2, -0.15) is 0 Å². The van der Waals surface area contributed by atoms with Crippen molar-refractivity contribution in [1.29, 1.82) is 0 Å². The molecule has 174 valence electrons. The molecule has 1 aliphatic heterocycles. The van der Waals surface area contributed by atoms with E-state index in [1.165, 1.54) is 30.5 Å². The first-order valence-electron chi connectivity index (χ1n) is 10.7. The maximum atomic E-state index is 13.2. The maximum Gasteiger partial charge on any atom is 0.244 e. The van der Waals surface area contributed by atoms with Gasteiger partial charge in [0.25, 0.3) is 0 Å². The van der Waals surface area contributed by atoms with Crippen LogP contribution in [0.15, 0.2) is 42.5 Å². The third-order valence-corrected chi connectivity index (χ3v) is 7.36. The molecule has 0 bridgehead atoms. The third-order valence-electron chi connectivity index (χ3n) is 5.64. The number of carbonyl (C=O) groups excluding carboxylic acids is 1. The molecule has 9 heteroatoms. The molecule has 1 atom stereocenters. The lowest BCUT2D eigenvalue weighted by atomic mass is 10.1. The molecular weight excluding hydrogens is 469 g/mol. The minimum absolute atomic E-state index is 0.193. The Labute approximate surface area is 200 Å². The number of nitrogens with zero attached hydrogens (tertiary/aromatic N) is 2.